The highest BCUT2D eigenvalue weighted by molar-refractivity contribution is 14.1. The second kappa shape index (κ2) is 3.41. The van der Waals surface area contributed by atoms with Crippen molar-refractivity contribution in [2.24, 2.45) is 11.7 Å². The Morgan fingerprint density at radius 2 is 2.30 bits per heavy atom. The van der Waals surface area contributed by atoms with Crippen molar-refractivity contribution in [2.75, 3.05) is 6.54 Å². The number of hydrogen-bond acceptors (Lipinski definition) is 2. The van der Waals surface area contributed by atoms with Gasteiger partial charge in [-0.2, -0.15) is 0 Å². The largest absolute Gasteiger partial charge is 0.382 e. The standard InChI is InChI=1S/C6H11BINO/c1-3-4(2-9)10-6(7)5(3)8/h3-6H,2,9H2,1H3/t3?,4-,5?,6-/m1/s1. The maximum atomic E-state index is 5.65. The number of alkyl halides is 1. The Kier molecular flexibility index (Phi) is 3.00. The summed E-state index contributed by atoms with van der Waals surface area (Å²) in [7, 11) is 5.65. The minimum absolute atomic E-state index is 0.121. The Morgan fingerprint density at radius 1 is 1.70 bits per heavy atom. The van der Waals surface area contributed by atoms with E-state index >= 15 is 0 Å². The van der Waals surface area contributed by atoms with Gasteiger partial charge in [-0.1, -0.05) is 29.5 Å². The third-order valence-corrected chi connectivity index (χ3v) is 3.81. The van der Waals surface area contributed by atoms with E-state index in [-0.39, 0.29) is 12.1 Å². The molecule has 4 atom stereocenters. The summed E-state index contributed by atoms with van der Waals surface area (Å²) in [5, 5.41) is 0. The second-order valence-electron chi connectivity index (χ2n) is 2.68. The number of nitrogens with two attached hydrogens (primary N) is 1. The molecular weight excluding hydrogens is 240 g/mol. The van der Waals surface area contributed by atoms with E-state index in [9.17, 15) is 0 Å². The van der Waals surface area contributed by atoms with Gasteiger partial charge >= 0.3 is 0 Å². The second-order valence-corrected chi connectivity index (χ2v) is 4.12. The van der Waals surface area contributed by atoms with E-state index in [1.807, 2.05) is 0 Å². The summed E-state index contributed by atoms with van der Waals surface area (Å²) in [6.07, 6.45) is 0.164. The SMILES string of the molecule is [B][C@@H]1O[C@H](CN)C(C)C1I. The van der Waals surface area contributed by atoms with Gasteiger partial charge in [0.25, 0.3) is 0 Å². The molecule has 2 nitrogen and oxygen atoms in total. The van der Waals surface area contributed by atoms with E-state index in [2.05, 4.69) is 29.5 Å². The van der Waals surface area contributed by atoms with Gasteiger partial charge in [-0.3, -0.25) is 0 Å². The quantitative estimate of drug-likeness (QED) is 0.412. The zero-order valence-electron chi connectivity index (χ0n) is 5.96. The Balaban J connectivity index is 2.53. The van der Waals surface area contributed by atoms with Gasteiger partial charge in [-0.15, -0.1) is 0 Å². The fourth-order valence-corrected chi connectivity index (χ4v) is 1.81. The minimum Gasteiger partial charge on any atom is -0.382 e. The highest BCUT2D eigenvalue weighted by Gasteiger charge is 2.35. The Labute approximate surface area is 76.4 Å². The molecule has 10 heavy (non-hydrogen) atoms. The summed E-state index contributed by atoms with van der Waals surface area (Å²) in [6.45, 7) is 2.70. The number of halogens is 1. The molecule has 0 aromatic rings. The van der Waals surface area contributed by atoms with Gasteiger partial charge in [0.1, 0.15) is 7.85 Å². The topological polar surface area (TPSA) is 35.2 Å². The van der Waals surface area contributed by atoms with E-state index in [0.29, 0.717) is 16.4 Å². The molecule has 0 amide bonds. The zero-order chi connectivity index (χ0) is 7.72. The highest BCUT2D eigenvalue weighted by Crippen LogP contribution is 2.30. The Hall–Kier alpha value is 0.715. The fraction of sp³-hybridized carbons (Fsp3) is 1.00. The predicted molar refractivity (Wildman–Crippen MR) is 50.4 cm³/mol. The first kappa shape index (κ1) is 8.81. The molecule has 1 heterocycles. The first-order valence-electron chi connectivity index (χ1n) is 3.42. The van der Waals surface area contributed by atoms with Crippen LogP contribution in [0.4, 0.5) is 0 Å². The number of hydrogen-bond donors (Lipinski definition) is 1. The lowest BCUT2D eigenvalue weighted by Gasteiger charge is -2.11. The molecule has 2 radical (unpaired) electrons. The molecule has 56 valence electrons. The minimum atomic E-state index is -0.121. The summed E-state index contributed by atoms with van der Waals surface area (Å²) in [4.78, 5) is 0. The lowest BCUT2D eigenvalue weighted by molar-refractivity contribution is 0.0812. The molecule has 0 saturated carbocycles. The van der Waals surface area contributed by atoms with Gasteiger partial charge in [-0.05, 0) is 5.92 Å². The Bertz CT molecular complexity index is 124. The van der Waals surface area contributed by atoms with Crippen molar-refractivity contribution in [3.8, 4) is 0 Å². The van der Waals surface area contributed by atoms with Gasteiger partial charge in [-0.25, -0.2) is 0 Å². The molecule has 1 aliphatic heterocycles. The maximum absolute atomic E-state index is 5.65. The molecule has 0 bridgehead atoms. The predicted octanol–water partition coefficient (Wildman–Crippen LogP) is 0.278. The van der Waals surface area contributed by atoms with Crippen LogP contribution in [0.3, 0.4) is 0 Å². The normalized spacial score (nSPS) is 47.9. The average molecular weight is 251 g/mol. The van der Waals surface area contributed by atoms with Gasteiger partial charge in [0.2, 0.25) is 0 Å². The van der Waals surface area contributed by atoms with Crippen LogP contribution in [-0.4, -0.2) is 30.4 Å². The summed E-state index contributed by atoms with van der Waals surface area (Å²) >= 11 is 2.32. The first-order valence-corrected chi connectivity index (χ1v) is 4.66. The fourth-order valence-electron chi connectivity index (χ4n) is 1.18. The molecule has 1 rings (SSSR count). The smallest absolute Gasteiger partial charge is 0.110 e. The van der Waals surface area contributed by atoms with E-state index in [1.165, 1.54) is 0 Å². The van der Waals surface area contributed by atoms with Crippen LogP contribution in [-0.2, 0) is 4.74 Å². The molecule has 1 fully saturated rings. The van der Waals surface area contributed by atoms with Crippen molar-refractivity contribution >= 4 is 30.4 Å². The van der Waals surface area contributed by atoms with E-state index < -0.39 is 0 Å². The lowest BCUT2D eigenvalue weighted by atomic mass is 9.92. The average Bonchev–Trinajstić information content (AvgIpc) is 2.17. The maximum Gasteiger partial charge on any atom is 0.110 e. The van der Waals surface area contributed by atoms with Crippen LogP contribution in [0.2, 0.25) is 0 Å². The van der Waals surface area contributed by atoms with Crippen LogP contribution in [0.25, 0.3) is 0 Å². The number of rotatable bonds is 1. The molecule has 0 spiro atoms. The van der Waals surface area contributed by atoms with E-state index in [4.69, 9.17) is 18.3 Å². The summed E-state index contributed by atoms with van der Waals surface area (Å²) in [6, 6.07) is -0.121. The van der Waals surface area contributed by atoms with Crippen LogP contribution in [0, 0.1) is 5.92 Å². The molecule has 0 aromatic heterocycles. The van der Waals surface area contributed by atoms with Gasteiger partial charge in [0.15, 0.2) is 0 Å². The van der Waals surface area contributed by atoms with Crippen LogP contribution < -0.4 is 5.73 Å². The van der Waals surface area contributed by atoms with Gasteiger partial charge in [0, 0.05) is 16.5 Å². The lowest BCUT2D eigenvalue weighted by Crippen LogP contribution is -2.26. The number of ether oxygens (including phenoxy) is 1. The molecule has 1 aliphatic rings. The molecular formula is C6H11BINO. The molecule has 2 unspecified atom stereocenters. The van der Waals surface area contributed by atoms with E-state index in [0.717, 1.165) is 0 Å². The molecule has 2 N–H and O–H groups in total. The van der Waals surface area contributed by atoms with Crippen LogP contribution in [0.5, 0.6) is 0 Å². The molecule has 0 aliphatic carbocycles. The third-order valence-electron chi connectivity index (χ3n) is 1.97. The highest BCUT2D eigenvalue weighted by atomic mass is 127. The molecule has 4 heteroatoms. The van der Waals surface area contributed by atoms with Crippen molar-refractivity contribution in [2.45, 2.75) is 23.0 Å². The molecule has 0 aromatic carbocycles. The molecule has 1 saturated heterocycles. The monoisotopic (exact) mass is 251 g/mol. The van der Waals surface area contributed by atoms with Gasteiger partial charge < -0.3 is 10.5 Å². The Morgan fingerprint density at radius 3 is 2.50 bits per heavy atom. The van der Waals surface area contributed by atoms with Crippen molar-refractivity contribution < 1.29 is 4.74 Å². The summed E-state index contributed by atoms with van der Waals surface area (Å²) in [5.41, 5.74) is 5.46. The third kappa shape index (κ3) is 1.48. The van der Waals surface area contributed by atoms with Crippen molar-refractivity contribution in [1.29, 1.82) is 0 Å². The van der Waals surface area contributed by atoms with Crippen LogP contribution in [0.1, 0.15) is 6.92 Å². The summed E-state index contributed by atoms with van der Waals surface area (Å²) in [5.74, 6) is 0.487. The van der Waals surface area contributed by atoms with Crippen molar-refractivity contribution in [3.63, 3.8) is 0 Å². The van der Waals surface area contributed by atoms with E-state index in [1.54, 1.807) is 0 Å². The van der Waals surface area contributed by atoms with Crippen molar-refractivity contribution in [1.82, 2.24) is 0 Å². The van der Waals surface area contributed by atoms with Gasteiger partial charge in [0.05, 0.1) is 6.10 Å². The summed E-state index contributed by atoms with van der Waals surface area (Å²) < 4.78 is 5.79. The van der Waals surface area contributed by atoms with Crippen LogP contribution >= 0.6 is 22.6 Å². The van der Waals surface area contributed by atoms with Crippen molar-refractivity contribution in [3.05, 3.63) is 0 Å². The first-order chi connectivity index (χ1) is 4.66. The van der Waals surface area contributed by atoms with Crippen LogP contribution in [0.15, 0.2) is 0 Å². The zero-order valence-corrected chi connectivity index (χ0v) is 8.11.